The highest BCUT2D eigenvalue weighted by molar-refractivity contribution is 7.92. The predicted molar refractivity (Wildman–Crippen MR) is 131 cm³/mol. The Balaban J connectivity index is 1.50. The lowest BCUT2D eigenvalue weighted by atomic mass is 9.69. The van der Waals surface area contributed by atoms with Gasteiger partial charge in [0, 0.05) is 12.6 Å². The van der Waals surface area contributed by atoms with Gasteiger partial charge in [-0.05, 0) is 44.1 Å². The standard InChI is InChI=1S/C25H26F4N4O3S/c1-14(15-4-3-5-16(19(15)26)20(27)28)32-21-17-10-18(23(34)33(2)22(17)31-13-30-21)25(29)8-6-24(7-9-25)11-37(35,36)12-24/h3-5,10,13-14,20H,6-9,11-12H2,1-2H3,(H,30,31,32)/t14-/m1/s1. The molecule has 5 rings (SSSR count). The van der Waals surface area contributed by atoms with Gasteiger partial charge in [-0.2, -0.15) is 0 Å². The fourth-order valence-electron chi connectivity index (χ4n) is 5.68. The van der Waals surface area contributed by atoms with Crippen LogP contribution in [0.2, 0.25) is 0 Å². The van der Waals surface area contributed by atoms with E-state index >= 15 is 4.39 Å². The molecule has 3 heterocycles. The van der Waals surface area contributed by atoms with E-state index < -0.39 is 50.3 Å². The third-order valence-electron chi connectivity index (χ3n) is 7.76. The van der Waals surface area contributed by atoms with E-state index in [0.717, 1.165) is 6.07 Å². The minimum absolute atomic E-state index is 0.00426. The van der Waals surface area contributed by atoms with Gasteiger partial charge in [-0.1, -0.05) is 18.2 Å². The molecule has 12 heteroatoms. The van der Waals surface area contributed by atoms with E-state index in [1.807, 2.05) is 0 Å². The molecule has 1 spiro atoms. The van der Waals surface area contributed by atoms with Crippen LogP contribution in [-0.2, 0) is 22.6 Å². The number of anilines is 1. The van der Waals surface area contributed by atoms with Crippen LogP contribution in [-0.4, -0.2) is 34.5 Å². The molecule has 2 aliphatic rings. The number of nitrogens with one attached hydrogen (secondary N) is 1. The number of nitrogens with zero attached hydrogens (tertiary/aromatic N) is 3. The number of hydrogen-bond acceptors (Lipinski definition) is 6. The SMILES string of the molecule is C[C@@H](Nc1ncnc2c1cc(C1(F)CCC3(CC1)CS(=O)(=O)C3)c(=O)n2C)c1cccc(C(F)F)c1F. The maximum Gasteiger partial charge on any atom is 0.266 e. The summed E-state index contributed by atoms with van der Waals surface area (Å²) in [5, 5.41) is 3.32. The highest BCUT2D eigenvalue weighted by atomic mass is 32.2. The summed E-state index contributed by atoms with van der Waals surface area (Å²) in [6, 6.07) is 4.36. The van der Waals surface area contributed by atoms with Crippen LogP contribution in [0.1, 0.15) is 61.8 Å². The molecule has 1 aromatic carbocycles. The first-order chi connectivity index (χ1) is 17.3. The maximum absolute atomic E-state index is 16.3. The summed E-state index contributed by atoms with van der Waals surface area (Å²) < 4.78 is 82.0. The van der Waals surface area contributed by atoms with Crippen LogP contribution in [0.25, 0.3) is 11.0 Å². The van der Waals surface area contributed by atoms with Gasteiger partial charge >= 0.3 is 0 Å². The minimum Gasteiger partial charge on any atom is -0.363 e. The van der Waals surface area contributed by atoms with Crippen LogP contribution in [0.4, 0.5) is 23.4 Å². The summed E-state index contributed by atoms with van der Waals surface area (Å²) in [5.74, 6) is -0.734. The fourth-order valence-corrected chi connectivity index (χ4v) is 8.04. The Hall–Kier alpha value is -3.02. The molecule has 37 heavy (non-hydrogen) atoms. The lowest BCUT2D eigenvalue weighted by molar-refractivity contribution is 0.0471. The van der Waals surface area contributed by atoms with Crippen molar-refractivity contribution in [1.82, 2.24) is 14.5 Å². The molecule has 2 fully saturated rings. The van der Waals surface area contributed by atoms with Gasteiger partial charge in [0.15, 0.2) is 9.84 Å². The average Bonchev–Trinajstić information content (AvgIpc) is 2.82. The summed E-state index contributed by atoms with van der Waals surface area (Å²) in [4.78, 5) is 21.5. The molecule has 2 aromatic heterocycles. The van der Waals surface area contributed by atoms with Gasteiger partial charge in [0.25, 0.3) is 12.0 Å². The Morgan fingerprint density at radius 3 is 2.35 bits per heavy atom. The summed E-state index contributed by atoms with van der Waals surface area (Å²) in [7, 11) is -1.60. The van der Waals surface area contributed by atoms with Crippen molar-refractivity contribution in [1.29, 1.82) is 0 Å². The molecule has 0 radical (unpaired) electrons. The first-order valence-electron chi connectivity index (χ1n) is 11.9. The molecule has 0 unspecified atom stereocenters. The van der Waals surface area contributed by atoms with Crippen LogP contribution < -0.4 is 10.9 Å². The van der Waals surface area contributed by atoms with E-state index in [2.05, 4.69) is 15.3 Å². The number of rotatable bonds is 5. The van der Waals surface area contributed by atoms with Crippen LogP contribution in [0.3, 0.4) is 0 Å². The molecule has 1 aliphatic carbocycles. The summed E-state index contributed by atoms with van der Waals surface area (Å²) in [5.41, 5.74) is -3.48. The molecule has 1 atom stereocenters. The monoisotopic (exact) mass is 538 g/mol. The van der Waals surface area contributed by atoms with Gasteiger partial charge in [0.2, 0.25) is 0 Å². The van der Waals surface area contributed by atoms with E-state index in [4.69, 9.17) is 0 Å². The Morgan fingerprint density at radius 1 is 1.08 bits per heavy atom. The Kier molecular flexibility index (Phi) is 6.08. The zero-order valence-corrected chi connectivity index (χ0v) is 21.1. The normalized spacial score (nSPS) is 20.6. The molecule has 0 amide bonds. The Bertz CT molecular complexity index is 1540. The molecule has 7 nitrogen and oxygen atoms in total. The van der Waals surface area contributed by atoms with E-state index in [-0.39, 0.29) is 46.9 Å². The first kappa shape index (κ1) is 25.6. The quantitative estimate of drug-likeness (QED) is 0.472. The van der Waals surface area contributed by atoms with Crippen molar-refractivity contribution in [2.75, 3.05) is 16.8 Å². The van der Waals surface area contributed by atoms with E-state index in [9.17, 15) is 26.4 Å². The molecule has 1 saturated carbocycles. The number of halogens is 4. The number of fused-ring (bicyclic) bond motifs is 1. The van der Waals surface area contributed by atoms with E-state index in [1.165, 1.54) is 36.1 Å². The van der Waals surface area contributed by atoms with Crippen molar-refractivity contribution in [3.05, 3.63) is 63.5 Å². The topological polar surface area (TPSA) is 94.0 Å². The largest absolute Gasteiger partial charge is 0.363 e. The molecule has 1 saturated heterocycles. The Labute approximate surface area is 210 Å². The zero-order chi connectivity index (χ0) is 26.8. The molecular weight excluding hydrogens is 512 g/mol. The van der Waals surface area contributed by atoms with Crippen molar-refractivity contribution in [2.45, 2.75) is 50.7 Å². The Morgan fingerprint density at radius 2 is 1.73 bits per heavy atom. The van der Waals surface area contributed by atoms with E-state index in [0.29, 0.717) is 18.2 Å². The van der Waals surface area contributed by atoms with Crippen LogP contribution >= 0.6 is 0 Å². The zero-order valence-electron chi connectivity index (χ0n) is 20.3. The molecule has 3 aromatic rings. The number of aryl methyl sites for hydroxylation is 1. The lowest BCUT2D eigenvalue weighted by Gasteiger charge is -2.47. The van der Waals surface area contributed by atoms with Gasteiger partial charge in [-0.25, -0.2) is 35.9 Å². The second-order valence-electron chi connectivity index (χ2n) is 10.3. The third kappa shape index (κ3) is 4.38. The van der Waals surface area contributed by atoms with Crippen LogP contribution in [0, 0.1) is 11.2 Å². The van der Waals surface area contributed by atoms with E-state index in [1.54, 1.807) is 6.92 Å². The number of alkyl halides is 3. The average molecular weight is 539 g/mol. The van der Waals surface area contributed by atoms with Gasteiger partial charge in [0.1, 0.15) is 29.3 Å². The second-order valence-corrected chi connectivity index (χ2v) is 12.4. The lowest BCUT2D eigenvalue weighted by Crippen LogP contribution is -2.52. The summed E-state index contributed by atoms with van der Waals surface area (Å²) >= 11 is 0. The van der Waals surface area contributed by atoms with Gasteiger partial charge in [-0.3, -0.25) is 9.36 Å². The van der Waals surface area contributed by atoms with Gasteiger partial charge < -0.3 is 5.32 Å². The van der Waals surface area contributed by atoms with Crippen LogP contribution in [0.15, 0.2) is 35.4 Å². The number of sulfone groups is 1. The van der Waals surface area contributed by atoms with Crippen molar-refractivity contribution < 1.29 is 26.0 Å². The van der Waals surface area contributed by atoms with Crippen molar-refractivity contribution in [3.8, 4) is 0 Å². The predicted octanol–water partition coefficient (Wildman–Crippen LogP) is 4.73. The second kappa shape index (κ2) is 8.78. The number of hydrogen-bond donors (Lipinski definition) is 1. The molecule has 1 N–H and O–H groups in total. The number of pyridine rings is 1. The molecule has 0 bridgehead atoms. The summed E-state index contributed by atoms with van der Waals surface area (Å²) in [6.07, 6.45) is -1.02. The first-order valence-corrected chi connectivity index (χ1v) is 13.7. The smallest absolute Gasteiger partial charge is 0.266 e. The highest BCUT2D eigenvalue weighted by Gasteiger charge is 2.54. The maximum atomic E-state index is 16.3. The highest BCUT2D eigenvalue weighted by Crippen LogP contribution is 2.52. The molecular formula is C25H26F4N4O3S. The molecule has 1 aliphatic heterocycles. The van der Waals surface area contributed by atoms with Gasteiger partial charge in [0.05, 0.1) is 34.1 Å². The molecule has 198 valence electrons. The van der Waals surface area contributed by atoms with Gasteiger partial charge in [-0.15, -0.1) is 0 Å². The van der Waals surface area contributed by atoms with Crippen molar-refractivity contribution in [2.24, 2.45) is 12.5 Å². The van der Waals surface area contributed by atoms with Crippen molar-refractivity contribution >= 4 is 26.7 Å². The number of benzene rings is 1. The summed E-state index contributed by atoms with van der Waals surface area (Å²) in [6.45, 7) is 1.58. The number of aromatic nitrogens is 3. The minimum atomic E-state index is -3.07. The fraction of sp³-hybridized carbons (Fsp3) is 0.480. The third-order valence-corrected chi connectivity index (χ3v) is 9.86. The van der Waals surface area contributed by atoms with Crippen molar-refractivity contribution in [3.63, 3.8) is 0 Å². The van der Waals surface area contributed by atoms with Crippen LogP contribution in [0.5, 0.6) is 0 Å².